The predicted molar refractivity (Wildman–Crippen MR) is 98.6 cm³/mol. The first-order valence-corrected chi connectivity index (χ1v) is 9.74. The number of unbranched alkanes of at least 4 members (excludes halogenated alkanes) is 1. The largest absolute Gasteiger partial charge is 0.452 e. The second-order valence-corrected chi connectivity index (χ2v) is 7.17. The molecule has 0 atom stereocenters. The maximum Gasteiger partial charge on any atom is 0.338 e. The lowest BCUT2D eigenvalue weighted by atomic mass is 10.2. The Balaban J connectivity index is 2.52. The number of sulfonamides is 1. The lowest BCUT2D eigenvalue weighted by Gasteiger charge is -2.08. The number of nitrogens with one attached hydrogen (secondary N) is 3. The maximum absolute atomic E-state index is 11.9. The average Bonchev–Trinajstić information content (AvgIpc) is 2.64. The zero-order valence-corrected chi connectivity index (χ0v) is 15.8. The summed E-state index contributed by atoms with van der Waals surface area (Å²) in [4.78, 5) is 34.8. The van der Waals surface area contributed by atoms with Crippen LogP contribution >= 0.6 is 0 Å². The highest BCUT2D eigenvalue weighted by Gasteiger charge is 2.16. The fraction of sp³-hybridized carbons (Fsp3) is 0.353. The summed E-state index contributed by atoms with van der Waals surface area (Å²) in [5.41, 5.74) is 0.0675. The molecule has 3 amide bonds. The molecule has 0 aliphatic heterocycles. The van der Waals surface area contributed by atoms with Crippen LogP contribution in [0.4, 0.5) is 4.79 Å². The number of ether oxygens (including phenoxy) is 1. The van der Waals surface area contributed by atoms with Gasteiger partial charge in [0, 0.05) is 13.1 Å². The number of esters is 1. The molecular weight excluding hydrogens is 374 g/mol. The zero-order valence-electron chi connectivity index (χ0n) is 15.0. The number of urea groups is 1. The van der Waals surface area contributed by atoms with E-state index in [9.17, 15) is 22.8 Å². The van der Waals surface area contributed by atoms with Gasteiger partial charge >= 0.3 is 12.0 Å². The number of rotatable bonds is 10. The lowest BCUT2D eigenvalue weighted by Crippen LogP contribution is -2.41. The lowest BCUT2D eigenvalue weighted by molar-refractivity contribution is -0.123. The molecule has 0 saturated carbocycles. The second-order valence-electron chi connectivity index (χ2n) is 5.40. The van der Waals surface area contributed by atoms with Crippen molar-refractivity contribution >= 4 is 27.9 Å². The summed E-state index contributed by atoms with van der Waals surface area (Å²) in [5.74, 6) is -1.59. The Morgan fingerprint density at radius 2 is 1.85 bits per heavy atom. The van der Waals surface area contributed by atoms with Crippen molar-refractivity contribution in [3.8, 4) is 0 Å². The third kappa shape index (κ3) is 8.01. The van der Waals surface area contributed by atoms with Crippen LogP contribution in [0.2, 0.25) is 0 Å². The van der Waals surface area contributed by atoms with Crippen molar-refractivity contribution in [2.24, 2.45) is 0 Å². The van der Waals surface area contributed by atoms with Crippen molar-refractivity contribution in [1.82, 2.24) is 15.4 Å². The normalized spacial score (nSPS) is 10.7. The molecule has 1 rings (SSSR count). The van der Waals surface area contributed by atoms with E-state index in [-0.39, 0.29) is 17.0 Å². The molecule has 10 heteroatoms. The number of benzene rings is 1. The van der Waals surface area contributed by atoms with Gasteiger partial charge in [0.2, 0.25) is 10.0 Å². The van der Waals surface area contributed by atoms with E-state index in [1.165, 1.54) is 30.3 Å². The standard InChI is InChI=1S/C17H23N3O6S/c1-3-5-11-18-17(23)20-15(21)12-26-16(22)13-6-8-14(9-7-13)27(24,25)19-10-4-2/h4,6-9,19H,2-3,5,10-12H2,1H3,(H2,18,20,21,23). The molecule has 3 N–H and O–H groups in total. The quantitative estimate of drug-likeness (QED) is 0.306. The highest BCUT2D eigenvalue weighted by molar-refractivity contribution is 7.89. The average molecular weight is 397 g/mol. The van der Waals surface area contributed by atoms with Crippen LogP contribution in [0.1, 0.15) is 30.1 Å². The zero-order chi connectivity index (χ0) is 20.3. The van der Waals surface area contributed by atoms with Gasteiger partial charge in [-0.2, -0.15) is 0 Å². The van der Waals surface area contributed by atoms with E-state index in [1.807, 2.05) is 12.2 Å². The van der Waals surface area contributed by atoms with Crippen LogP contribution in [0.15, 0.2) is 41.8 Å². The molecule has 0 spiro atoms. The van der Waals surface area contributed by atoms with Gasteiger partial charge in [0.05, 0.1) is 10.5 Å². The van der Waals surface area contributed by atoms with Crippen molar-refractivity contribution in [3.05, 3.63) is 42.5 Å². The van der Waals surface area contributed by atoms with Gasteiger partial charge < -0.3 is 10.1 Å². The van der Waals surface area contributed by atoms with Crippen LogP contribution in [0.3, 0.4) is 0 Å². The molecule has 1 aromatic rings. The van der Waals surface area contributed by atoms with Crippen molar-refractivity contribution < 1.29 is 27.5 Å². The summed E-state index contributed by atoms with van der Waals surface area (Å²) in [6.07, 6.45) is 3.08. The number of hydrogen-bond acceptors (Lipinski definition) is 6. The molecule has 0 radical (unpaired) electrons. The fourth-order valence-electron chi connectivity index (χ4n) is 1.82. The molecule has 0 heterocycles. The predicted octanol–water partition coefficient (Wildman–Crippen LogP) is 0.934. The van der Waals surface area contributed by atoms with Crippen LogP contribution in [0, 0.1) is 0 Å². The molecule has 0 unspecified atom stereocenters. The first-order chi connectivity index (χ1) is 12.8. The molecule has 0 fully saturated rings. The second kappa shape index (κ2) is 11.1. The number of amides is 3. The summed E-state index contributed by atoms with van der Waals surface area (Å²) in [6.45, 7) is 5.26. The minimum Gasteiger partial charge on any atom is -0.452 e. The molecule has 0 aliphatic rings. The molecule has 0 aromatic heterocycles. The van der Waals surface area contributed by atoms with Gasteiger partial charge in [-0.05, 0) is 30.7 Å². The smallest absolute Gasteiger partial charge is 0.338 e. The summed E-state index contributed by atoms with van der Waals surface area (Å²) in [7, 11) is -3.70. The van der Waals surface area contributed by atoms with E-state index in [4.69, 9.17) is 4.74 Å². The molecule has 1 aromatic carbocycles. The van der Waals surface area contributed by atoms with Crippen molar-refractivity contribution in [3.63, 3.8) is 0 Å². The summed E-state index contributed by atoms with van der Waals surface area (Å²) in [6, 6.07) is 4.35. The minimum absolute atomic E-state index is 0.0256. The Bertz CT molecular complexity index is 774. The highest BCUT2D eigenvalue weighted by atomic mass is 32.2. The van der Waals surface area contributed by atoms with E-state index < -0.39 is 34.5 Å². The molecule has 0 saturated heterocycles. The molecule has 0 bridgehead atoms. The number of carbonyl (C=O) groups is 3. The number of carbonyl (C=O) groups excluding carboxylic acids is 3. The summed E-state index contributed by atoms with van der Waals surface area (Å²) < 4.78 is 30.9. The van der Waals surface area contributed by atoms with Gasteiger partial charge in [-0.25, -0.2) is 22.7 Å². The third-order valence-electron chi connectivity index (χ3n) is 3.22. The summed E-state index contributed by atoms with van der Waals surface area (Å²) >= 11 is 0. The Labute approximate surface area is 158 Å². The molecule has 9 nitrogen and oxygen atoms in total. The number of hydrogen-bond donors (Lipinski definition) is 3. The highest BCUT2D eigenvalue weighted by Crippen LogP contribution is 2.11. The maximum atomic E-state index is 11.9. The molecule has 27 heavy (non-hydrogen) atoms. The van der Waals surface area contributed by atoms with Crippen LogP contribution in [0.25, 0.3) is 0 Å². The van der Waals surface area contributed by atoms with Gasteiger partial charge in [0.15, 0.2) is 6.61 Å². The van der Waals surface area contributed by atoms with Crippen LogP contribution < -0.4 is 15.4 Å². The molecular formula is C17H23N3O6S. The first-order valence-electron chi connectivity index (χ1n) is 8.25. The van der Waals surface area contributed by atoms with Gasteiger partial charge in [-0.15, -0.1) is 6.58 Å². The Hall–Kier alpha value is -2.72. The van der Waals surface area contributed by atoms with E-state index in [0.29, 0.717) is 6.54 Å². The minimum atomic E-state index is -3.70. The molecule has 148 valence electrons. The van der Waals surface area contributed by atoms with E-state index >= 15 is 0 Å². The monoisotopic (exact) mass is 397 g/mol. The van der Waals surface area contributed by atoms with E-state index in [1.54, 1.807) is 0 Å². The summed E-state index contributed by atoms with van der Waals surface area (Å²) in [5, 5.41) is 4.52. The van der Waals surface area contributed by atoms with Crippen molar-refractivity contribution in [1.29, 1.82) is 0 Å². The van der Waals surface area contributed by atoms with Crippen molar-refractivity contribution in [2.45, 2.75) is 24.7 Å². The molecule has 0 aliphatic carbocycles. The Morgan fingerprint density at radius 1 is 1.19 bits per heavy atom. The van der Waals surface area contributed by atoms with Gasteiger partial charge in [-0.1, -0.05) is 19.4 Å². The first kappa shape index (κ1) is 22.3. The number of imide groups is 1. The van der Waals surface area contributed by atoms with Gasteiger partial charge in [-0.3, -0.25) is 10.1 Å². The third-order valence-corrected chi connectivity index (χ3v) is 4.66. The van der Waals surface area contributed by atoms with Gasteiger partial charge in [0.25, 0.3) is 5.91 Å². The van der Waals surface area contributed by atoms with Crippen molar-refractivity contribution in [2.75, 3.05) is 19.7 Å². The topological polar surface area (TPSA) is 131 Å². The van der Waals surface area contributed by atoms with E-state index in [2.05, 4.69) is 16.6 Å². The van der Waals surface area contributed by atoms with Gasteiger partial charge in [0.1, 0.15) is 0 Å². The Morgan fingerprint density at radius 3 is 2.44 bits per heavy atom. The van der Waals surface area contributed by atoms with E-state index in [0.717, 1.165) is 12.8 Å². The SMILES string of the molecule is C=CCNS(=O)(=O)c1ccc(C(=O)OCC(=O)NC(=O)NCCCC)cc1. The van der Waals surface area contributed by atoms with Crippen LogP contribution in [-0.2, 0) is 19.6 Å². The Kier molecular flexibility index (Phi) is 9.17. The van der Waals surface area contributed by atoms with Crippen LogP contribution in [-0.4, -0.2) is 46.0 Å². The fourth-order valence-corrected chi connectivity index (χ4v) is 2.82. The van der Waals surface area contributed by atoms with Crippen LogP contribution in [0.5, 0.6) is 0 Å².